The molecule has 1 aromatic rings. The quantitative estimate of drug-likeness (QED) is 0.884. The Bertz CT molecular complexity index is 500. The first-order chi connectivity index (χ1) is 8.53. The van der Waals surface area contributed by atoms with E-state index >= 15 is 0 Å². The minimum atomic E-state index is -3.38. The summed E-state index contributed by atoms with van der Waals surface area (Å²) in [5.74, 6) is 0.285. The van der Waals surface area contributed by atoms with E-state index in [1.54, 1.807) is 12.1 Å². The van der Waals surface area contributed by atoms with E-state index in [1.807, 2.05) is 0 Å². The van der Waals surface area contributed by atoms with Crippen molar-refractivity contribution >= 4 is 37.3 Å². The molecule has 1 saturated heterocycles. The van der Waals surface area contributed by atoms with Crippen molar-refractivity contribution in [2.24, 2.45) is 5.92 Å². The topological polar surface area (TPSA) is 55.4 Å². The lowest BCUT2D eigenvalue weighted by Crippen LogP contribution is -2.32. The highest BCUT2D eigenvalue weighted by Crippen LogP contribution is 2.27. The van der Waals surface area contributed by atoms with E-state index in [0.29, 0.717) is 10.8 Å². The van der Waals surface area contributed by atoms with Gasteiger partial charge in [-0.25, -0.2) is 13.1 Å². The molecule has 2 unspecified atom stereocenters. The molecule has 0 spiro atoms. The molecule has 2 rings (SSSR count). The molecule has 0 saturated carbocycles. The van der Waals surface area contributed by atoms with Gasteiger partial charge < -0.3 is 4.74 Å². The van der Waals surface area contributed by atoms with Gasteiger partial charge in [0, 0.05) is 19.1 Å². The Hall–Kier alpha value is 0.0500. The maximum Gasteiger partial charge on any atom is 0.250 e. The number of rotatable bonds is 5. The summed E-state index contributed by atoms with van der Waals surface area (Å²) in [6, 6.07) is 3.35. The summed E-state index contributed by atoms with van der Waals surface area (Å²) in [5, 5.41) is 0. The summed E-state index contributed by atoms with van der Waals surface area (Å²) >= 11 is 4.49. The van der Waals surface area contributed by atoms with Gasteiger partial charge in [-0.3, -0.25) is 0 Å². The van der Waals surface area contributed by atoms with Gasteiger partial charge in [0.25, 0.3) is 0 Å². The van der Waals surface area contributed by atoms with Crippen LogP contribution in [0.2, 0.25) is 0 Å². The van der Waals surface area contributed by atoms with Crippen LogP contribution in [0.1, 0.15) is 19.8 Å². The lowest BCUT2D eigenvalue weighted by atomic mass is 10.0. The number of hydrogen-bond acceptors (Lipinski definition) is 4. The van der Waals surface area contributed by atoms with Crippen LogP contribution >= 0.6 is 27.3 Å². The van der Waals surface area contributed by atoms with Crippen LogP contribution in [-0.2, 0) is 14.8 Å². The van der Waals surface area contributed by atoms with Gasteiger partial charge in [-0.1, -0.05) is 6.92 Å². The minimum Gasteiger partial charge on any atom is -0.378 e. The van der Waals surface area contributed by atoms with Crippen LogP contribution in [0.25, 0.3) is 0 Å². The molecule has 0 amide bonds. The SMILES string of the molecule is CCC1OCCC1CNS(=O)(=O)c1ccc(Br)s1. The Kier molecular flexibility index (Phi) is 4.82. The van der Waals surface area contributed by atoms with Gasteiger partial charge in [-0.15, -0.1) is 11.3 Å². The fraction of sp³-hybridized carbons (Fsp3) is 0.636. The molecule has 1 aliphatic heterocycles. The molecule has 1 fully saturated rings. The lowest BCUT2D eigenvalue weighted by Gasteiger charge is -2.16. The molecule has 2 heterocycles. The van der Waals surface area contributed by atoms with Crippen molar-refractivity contribution in [3.8, 4) is 0 Å². The monoisotopic (exact) mass is 353 g/mol. The summed E-state index contributed by atoms with van der Waals surface area (Å²) in [6.07, 6.45) is 2.04. The fourth-order valence-corrected chi connectivity index (χ4v) is 5.26. The molecule has 0 aromatic carbocycles. The standard InChI is InChI=1S/C11H16BrNO3S2/c1-2-9-8(5-6-16-9)7-13-18(14,15)11-4-3-10(12)17-11/h3-4,8-9,13H,2,5-7H2,1H3. The molecule has 2 atom stereocenters. The van der Waals surface area contributed by atoms with E-state index in [4.69, 9.17) is 4.74 Å². The molecule has 0 bridgehead atoms. The van der Waals surface area contributed by atoms with Gasteiger partial charge in [0.2, 0.25) is 10.0 Å². The average Bonchev–Trinajstić information content (AvgIpc) is 2.94. The van der Waals surface area contributed by atoms with Crippen LogP contribution in [0.5, 0.6) is 0 Å². The Morgan fingerprint density at radius 2 is 2.33 bits per heavy atom. The fourth-order valence-electron chi connectivity index (χ4n) is 2.11. The number of sulfonamides is 1. The Labute approximate surface area is 120 Å². The van der Waals surface area contributed by atoms with Crippen molar-refractivity contribution in [3.63, 3.8) is 0 Å². The summed E-state index contributed by atoms with van der Waals surface area (Å²) in [5.41, 5.74) is 0. The van der Waals surface area contributed by atoms with Gasteiger partial charge in [0.05, 0.1) is 9.89 Å². The summed E-state index contributed by atoms with van der Waals surface area (Å²) < 4.78 is 33.5. The van der Waals surface area contributed by atoms with Crippen LogP contribution in [0.15, 0.2) is 20.1 Å². The number of nitrogens with one attached hydrogen (secondary N) is 1. The third-order valence-corrected chi connectivity index (χ3v) is 6.64. The molecule has 102 valence electrons. The van der Waals surface area contributed by atoms with Crippen molar-refractivity contribution in [2.45, 2.75) is 30.1 Å². The second kappa shape index (κ2) is 6.00. The highest BCUT2D eigenvalue weighted by atomic mass is 79.9. The largest absolute Gasteiger partial charge is 0.378 e. The first kappa shape index (κ1) is 14.5. The molecular formula is C11H16BrNO3S2. The van der Waals surface area contributed by atoms with Crippen molar-refractivity contribution in [1.29, 1.82) is 0 Å². The maximum absolute atomic E-state index is 12.0. The highest BCUT2D eigenvalue weighted by Gasteiger charge is 2.28. The molecule has 0 aliphatic carbocycles. The second-order valence-corrected chi connectivity index (χ2v) is 8.73. The summed E-state index contributed by atoms with van der Waals surface area (Å²) in [7, 11) is -3.38. The lowest BCUT2D eigenvalue weighted by molar-refractivity contribution is 0.0884. The maximum atomic E-state index is 12.0. The molecule has 0 radical (unpaired) electrons. The van der Waals surface area contributed by atoms with Gasteiger partial charge in [0.15, 0.2) is 0 Å². The van der Waals surface area contributed by atoms with Crippen LogP contribution < -0.4 is 4.72 Å². The van der Waals surface area contributed by atoms with Gasteiger partial charge in [0.1, 0.15) is 4.21 Å². The molecular weight excluding hydrogens is 338 g/mol. The zero-order valence-corrected chi connectivity index (χ0v) is 13.3. The highest BCUT2D eigenvalue weighted by molar-refractivity contribution is 9.11. The molecule has 1 aliphatic rings. The first-order valence-electron chi connectivity index (χ1n) is 5.89. The van der Waals surface area contributed by atoms with Gasteiger partial charge >= 0.3 is 0 Å². The van der Waals surface area contributed by atoms with Crippen LogP contribution in [0, 0.1) is 5.92 Å². The Balaban J connectivity index is 1.97. The third-order valence-electron chi connectivity index (χ3n) is 3.10. The third kappa shape index (κ3) is 3.33. The number of halogens is 1. The Morgan fingerprint density at radius 1 is 1.56 bits per heavy atom. The first-order valence-corrected chi connectivity index (χ1v) is 8.99. The van der Waals surface area contributed by atoms with E-state index < -0.39 is 10.0 Å². The van der Waals surface area contributed by atoms with Crippen molar-refractivity contribution < 1.29 is 13.2 Å². The van der Waals surface area contributed by atoms with Crippen molar-refractivity contribution in [1.82, 2.24) is 4.72 Å². The predicted octanol–water partition coefficient (Wildman–Crippen LogP) is 2.60. The zero-order chi connectivity index (χ0) is 13.2. The van der Waals surface area contributed by atoms with E-state index in [2.05, 4.69) is 27.6 Å². The average molecular weight is 354 g/mol. The predicted molar refractivity (Wildman–Crippen MR) is 75.3 cm³/mol. The van der Waals surface area contributed by atoms with E-state index in [1.165, 1.54) is 11.3 Å². The second-order valence-electron chi connectivity index (χ2n) is 4.28. The number of thiophene rings is 1. The number of ether oxygens (including phenoxy) is 1. The normalized spacial score (nSPS) is 24.6. The Morgan fingerprint density at radius 3 is 2.94 bits per heavy atom. The summed E-state index contributed by atoms with van der Waals surface area (Å²) in [4.78, 5) is 0. The van der Waals surface area contributed by atoms with Crippen molar-refractivity contribution in [2.75, 3.05) is 13.2 Å². The van der Waals surface area contributed by atoms with E-state index in [9.17, 15) is 8.42 Å². The van der Waals surface area contributed by atoms with Crippen LogP contribution in [0.3, 0.4) is 0 Å². The number of hydrogen-bond donors (Lipinski definition) is 1. The van der Waals surface area contributed by atoms with E-state index in [0.717, 1.165) is 23.2 Å². The van der Waals surface area contributed by atoms with Crippen molar-refractivity contribution in [3.05, 3.63) is 15.9 Å². The van der Waals surface area contributed by atoms with Crippen LogP contribution in [0.4, 0.5) is 0 Å². The summed E-state index contributed by atoms with van der Waals surface area (Å²) in [6.45, 7) is 3.25. The molecule has 18 heavy (non-hydrogen) atoms. The molecule has 1 aromatic heterocycles. The van der Waals surface area contributed by atoms with Gasteiger partial charge in [-0.2, -0.15) is 0 Å². The zero-order valence-electron chi connectivity index (χ0n) is 10.1. The van der Waals surface area contributed by atoms with Gasteiger partial charge in [-0.05, 0) is 40.9 Å². The molecule has 4 nitrogen and oxygen atoms in total. The smallest absolute Gasteiger partial charge is 0.250 e. The minimum absolute atomic E-state index is 0.183. The molecule has 1 N–H and O–H groups in total. The molecule has 7 heteroatoms. The van der Waals surface area contributed by atoms with E-state index in [-0.39, 0.29) is 12.0 Å². The van der Waals surface area contributed by atoms with Crippen LogP contribution in [-0.4, -0.2) is 27.7 Å².